The van der Waals surface area contributed by atoms with Crippen molar-refractivity contribution in [2.24, 2.45) is 0 Å². The lowest BCUT2D eigenvalue weighted by atomic mass is 9.98. The van der Waals surface area contributed by atoms with Crippen molar-refractivity contribution in [1.82, 2.24) is 0 Å². The maximum absolute atomic E-state index is 10.9. The summed E-state index contributed by atoms with van der Waals surface area (Å²) < 4.78 is 0. The van der Waals surface area contributed by atoms with E-state index in [1.807, 2.05) is 6.92 Å². The summed E-state index contributed by atoms with van der Waals surface area (Å²) in [5, 5.41) is 0.841. The molecule has 0 aromatic heterocycles. The van der Waals surface area contributed by atoms with Gasteiger partial charge in [0.05, 0.1) is 0 Å². The number of carbonyl (C=O) groups is 1. The Labute approximate surface area is 127 Å². The highest BCUT2D eigenvalue weighted by molar-refractivity contribution is 6.32. The molecule has 2 heteroatoms. The van der Waals surface area contributed by atoms with Gasteiger partial charge >= 0.3 is 0 Å². The molecular formula is C18H23ClO. The Bertz CT molecular complexity index is 565. The molecule has 1 aromatic rings. The lowest BCUT2D eigenvalue weighted by Gasteiger charge is -2.10. The maximum Gasteiger partial charge on any atom is 0.130 e. The predicted molar refractivity (Wildman–Crippen MR) is 88.4 cm³/mol. The van der Waals surface area contributed by atoms with Crippen LogP contribution in [0.25, 0.3) is 6.08 Å². The van der Waals surface area contributed by atoms with Gasteiger partial charge in [0, 0.05) is 11.4 Å². The Balaban J connectivity index is 2.91. The van der Waals surface area contributed by atoms with Gasteiger partial charge in [0.2, 0.25) is 0 Å². The molecule has 0 heterocycles. The SMILES string of the molecule is CC(=O)CCC=C(C)C=Cc1c(C)cc(C)c(Cl)c1C. The molecule has 0 spiro atoms. The first-order valence-corrected chi connectivity index (χ1v) is 7.31. The van der Waals surface area contributed by atoms with Gasteiger partial charge in [-0.05, 0) is 63.3 Å². The Morgan fingerprint density at radius 3 is 2.45 bits per heavy atom. The molecule has 0 atom stereocenters. The van der Waals surface area contributed by atoms with E-state index >= 15 is 0 Å². The van der Waals surface area contributed by atoms with Crippen LogP contribution in [0.4, 0.5) is 0 Å². The van der Waals surface area contributed by atoms with Crippen LogP contribution in [0.1, 0.15) is 48.9 Å². The Hall–Kier alpha value is -1.34. The second kappa shape index (κ2) is 7.44. The zero-order chi connectivity index (χ0) is 15.3. The number of carbonyl (C=O) groups excluding carboxylic acids is 1. The molecular weight excluding hydrogens is 268 g/mol. The van der Waals surface area contributed by atoms with Crippen molar-refractivity contribution in [2.75, 3.05) is 0 Å². The highest BCUT2D eigenvalue weighted by Crippen LogP contribution is 2.27. The van der Waals surface area contributed by atoms with Crippen molar-refractivity contribution >= 4 is 23.5 Å². The molecule has 0 aliphatic carbocycles. The molecule has 0 saturated heterocycles. The fourth-order valence-corrected chi connectivity index (χ4v) is 2.37. The van der Waals surface area contributed by atoms with Gasteiger partial charge in [0.15, 0.2) is 0 Å². The second-order valence-electron chi connectivity index (χ2n) is 5.39. The van der Waals surface area contributed by atoms with Crippen LogP contribution in [0.3, 0.4) is 0 Å². The van der Waals surface area contributed by atoms with E-state index in [1.165, 1.54) is 16.7 Å². The van der Waals surface area contributed by atoms with E-state index in [9.17, 15) is 4.79 Å². The Morgan fingerprint density at radius 1 is 1.20 bits per heavy atom. The summed E-state index contributed by atoms with van der Waals surface area (Å²) in [4.78, 5) is 10.9. The van der Waals surface area contributed by atoms with Crippen LogP contribution >= 0.6 is 11.6 Å². The molecule has 20 heavy (non-hydrogen) atoms. The number of Topliss-reactive ketones (excluding diaryl/α,β-unsaturated/α-hetero) is 1. The molecule has 0 N–H and O–H groups in total. The van der Waals surface area contributed by atoms with E-state index in [4.69, 9.17) is 11.6 Å². The molecule has 0 radical (unpaired) electrons. The number of benzene rings is 1. The molecule has 0 saturated carbocycles. The molecule has 0 aliphatic rings. The topological polar surface area (TPSA) is 17.1 Å². The van der Waals surface area contributed by atoms with Crippen molar-refractivity contribution in [3.8, 4) is 0 Å². The highest BCUT2D eigenvalue weighted by atomic mass is 35.5. The lowest BCUT2D eigenvalue weighted by molar-refractivity contribution is -0.116. The average molecular weight is 291 g/mol. The number of aryl methyl sites for hydroxylation is 2. The Morgan fingerprint density at radius 2 is 1.85 bits per heavy atom. The molecule has 0 fully saturated rings. The van der Waals surface area contributed by atoms with E-state index in [0.29, 0.717) is 6.42 Å². The van der Waals surface area contributed by atoms with Crippen LogP contribution in [0, 0.1) is 20.8 Å². The van der Waals surface area contributed by atoms with Gasteiger partial charge in [0.25, 0.3) is 0 Å². The van der Waals surface area contributed by atoms with E-state index in [-0.39, 0.29) is 5.78 Å². The first-order chi connectivity index (χ1) is 9.32. The summed E-state index contributed by atoms with van der Waals surface area (Å²) in [5.41, 5.74) is 5.82. The molecule has 0 aliphatic heterocycles. The first kappa shape index (κ1) is 16.7. The molecule has 0 bridgehead atoms. The van der Waals surface area contributed by atoms with Gasteiger partial charge in [-0.1, -0.05) is 41.5 Å². The van der Waals surface area contributed by atoms with Gasteiger partial charge in [-0.25, -0.2) is 0 Å². The maximum atomic E-state index is 10.9. The normalized spacial score (nSPS) is 12.2. The van der Waals surface area contributed by atoms with Crippen LogP contribution in [-0.2, 0) is 4.79 Å². The minimum Gasteiger partial charge on any atom is -0.300 e. The van der Waals surface area contributed by atoms with Gasteiger partial charge in [-0.3, -0.25) is 0 Å². The third kappa shape index (κ3) is 4.64. The number of halogens is 1. The van der Waals surface area contributed by atoms with Crippen molar-refractivity contribution < 1.29 is 4.79 Å². The quantitative estimate of drug-likeness (QED) is 0.646. The molecule has 1 nitrogen and oxygen atoms in total. The average Bonchev–Trinajstić information content (AvgIpc) is 2.35. The van der Waals surface area contributed by atoms with E-state index < -0.39 is 0 Å². The van der Waals surface area contributed by atoms with Gasteiger partial charge in [-0.2, -0.15) is 0 Å². The van der Waals surface area contributed by atoms with E-state index in [0.717, 1.165) is 22.6 Å². The number of hydrogen-bond acceptors (Lipinski definition) is 1. The van der Waals surface area contributed by atoms with Crippen molar-refractivity contribution in [3.05, 3.63) is 51.1 Å². The third-order valence-corrected chi connectivity index (χ3v) is 3.99. The van der Waals surface area contributed by atoms with Crippen LogP contribution in [0.15, 0.2) is 23.8 Å². The summed E-state index contributed by atoms with van der Waals surface area (Å²) in [6.07, 6.45) is 7.70. The summed E-state index contributed by atoms with van der Waals surface area (Å²) >= 11 is 6.30. The molecule has 0 unspecified atom stereocenters. The van der Waals surface area contributed by atoms with Crippen molar-refractivity contribution in [2.45, 2.75) is 47.5 Å². The standard InChI is InChI=1S/C18H23ClO/c1-12(7-6-8-15(4)20)9-10-17-13(2)11-14(3)18(19)16(17)5/h7,9-11H,6,8H2,1-5H3. The molecule has 0 amide bonds. The zero-order valence-corrected chi connectivity index (χ0v) is 13.8. The number of rotatable bonds is 5. The minimum atomic E-state index is 0.232. The predicted octanol–water partition coefficient (Wildman–Crippen LogP) is 5.59. The number of allylic oxidation sites excluding steroid dienone is 3. The van der Waals surface area contributed by atoms with Gasteiger partial charge in [-0.15, -0.1) is 0 Å². The second-order valence-corrected chi connectivity index (χ2v) is 5.76. The highest BCUT2D eigenvalue weighted by Gasteiger charge is 2.06. The summed E-state index contributed by atoms with van der Waals surface area (Å²) in [6.45, 7) is 9.86. The molecule has 108 valence electrons. The van der Waals surface area contributed by atoms with Crippen LogP contribution < -0.4 is 0 Å². The summed E-state index contributed by atoms with van der Waals surface area (Å²) in [6, 6.07) is 2.11. The third-order valence-electron chi connectivity index (χ3n) is 3.41. The lowest BCUT2D eigenvalue weighted by Crippen LogP contribution is -1.91. The van der Waals surface area contributed by atoms with Gasteiger partial charge < -0.3 is 4.79 Å². The largest absolute Gasteiger partial charge is 0.300 e. The fraction of sp³-hybridized carbons (Fsp3) is 0.389. The molecule has 1 aromatic carbocycles. The number of ketones is 1. The van der Waals surface area contributed by atoms with Crippen LogP contribution in [0.2, 0.25) is 5.02 Å². The zero-order valence-electron chi connectivity index (χ0n) is 13.0. The monoisotopic (exact) mass is 290 g/mol. The molecule has 1 rings (SSSR count). The first-order valence-electron chi connectivity index (χ1n) is 6.93. The van der Waals surface area contributed by atoms with Crippen molar-refractivity contribution in [3.63, 3.8) is 0 Å². The summed E-state index contributed by atoms with van der Waals surface area (Å²) in [5.74, 6) is 0.232. The fourth-order valence-electron chi connectivity index (χ4n) is 2.22. The Kier molecular flexibility index (Phi) is 6.22. The van der Waals surface area contributed by atoms with Crippen LogP contribution in [-0.4, -0.2) is 5.78 Å². The minimum absolute atomic E-state index is 0.232. The smallest absolute Gasteiger partial charge is 0.130 e. The van der Waals surface area contributed by atoms with E-state index in [2.05, 4.69) is 45.1 Å². The van der Waals surface area contributed by atoms with Crippen molar-refractivity contribution in [1.29, 1.82) is 0 Å². The van der Waals surface area contributed by atoms with Gasteiger partial charge in [0.1, 0.15) is 5.78 Å². The summed E-state index contributed by atoms with van der Waals surface area (Å²) in [7, 11) is 0. The van der Waals surface area contributed by atoms with E-state index in [1.54, 1.807) is 6.92 Å². The van der Waals surface area contributed by atoms with Crippen LogP contribution in [0.5, 0.6) is 0 Å². The number of hydrogen-bond donors (Lipinski definition) is 0.